The van der Waals surface area contributed by atoms with Crippen LogP contribution in [0.1, 0.15) is 0 Å². The summed E-state index contributed by atoms with van der Waals surface area (Å²) in [7, 11) is 0. The predicted molar refractivity (Wildman–Crippen MR) is 82.8 cm³/mol. The molecule has 0 radical (unpaired) electrons. The van der Waals surface area contributed by atoms with Crippen LogP contribution in [0.4, 0.5) is 16.2 Å². The molecule has 3 aliphatic heterocycles. The Hall–Kier alpha value is -2.32. The molecule has 3 aliphatic rings. The maximum absolute atomic E-state index is 12.1. The molecule has 0 bridgehead atoms. The molecule has 1 aromatic rings. The minimum absolute atomic E-state index is 0.0219. The van der Waals surface area contributed by atoms with Crippen LogP contribution in [0, 0.1) is 0 Å². The van der Waals surface area contributed by atoms with E-state index >= 15 is 0 Å². The number of hydrogen-bond donors (Lipinski definition) is 2. The normalized spacial score (nSPS) is 26.5. The Kier molecular flexibility index (Phi) is 3.35. The summed E-state index contributed by atoms with van der Waals surface area (Å²) < 4.78 is 11.1. The lowest BCUT2D eigenvalue weighted by Gasteiger charge is -2.33. The van der Waals surface area contributed by atoms with Gasteiger partial charge in [-0.3, -0.25) is 9.69 Å². The average molecular weight is 318 g/mol. The number of nitrogens with one attached hydrogen (secondary N) is 1. The maximum Gasteiger partial charge on any atom is 0.415 e. The van der Waals surface area contributed by atoms with E-state index in [2.05, 4.69) is 5.32 Å². The van der Waals surface area contributed by atoms with Gasteiger partial charge in [-0.2, -0.15) is 0 Å². The van der Waals surface area contributed by atoms with Crippen LogP contribution in [0.5, 0.6) is 5.75 Å². The van der Waals surface area contributed by atoms with E-state index in [0.717, 1.165) is 12.2 Å². The smallest absolute Gasteiger partial charge is 0.415 e. The number of hydrogen-bond acceptors (Lipinski definition) is 6. The molecule has 1 aromatic carbocycles. The molecule has 0 unspecified atom stereocenters. The van der Waals surface area contributed by atoms with Crippen LogP contribution >= 0.6 is 0 Å². The molecule has 122 valence electrons. The number of cyclic esters (lactones) is 1. The van der Waals surface area contributed by atoms with E-state index in [1.54, 1.807) is 21.9 Å². The van der Waals surface area contributed by atoms with Gasteiger partial charge in [0.25, 0.3) is 0 Å². The topological polar surface area (TPSA) is 97.1 Å². The van der Waals surface area contributed by atoms with E-state index < -0.39 is 6.09 Å². The number of nitrogens with zero attached hydrogens (tertiary/aromatic N) is 2. The van der Waals surface area contributed by atoms with Gasteiger partial charge in [-0.1, -0.05) is 0 Å². The molecule has 2 fully saturated rings. The van der Waals surface area contributed by atoms with Gasteiger partial charge >= 0.3 is 6.09 Å². The molecule has 8 heteroatoms. The highest BCUT2D eigenvalue weighted by atomic mass is 16.6. The Labute approximate surface area is 133 Å². The van der Waals surface area contributed by atoms with Gasteiger partial charge in [-0.15, -0.1) is 0 Å². The molecular weight excluding hydrogens is 300 g/mol. The van der Waals surface area contributed by atoms with Gasteiger partial charge in [0.05, 0.1) is 12.2 Å². The first-order valence-electron chi connectivity index (χ1n) is 7.67. The number of rotatable bonds is 2. The molecule has 0 aliphatic carbocycles. The van der Waals surface area contributed by atoms with Crippen molar-refractivity contribution < 1.29 is 19.1 Å². The number of benzene rings is 1. The van der Waals surface area contributed by atoms with Gasteiger partial charge in [0.15, 0.2) is 0 Å². The Morgan fingerprint density at radius 1 is 1.35 bits per heavy atom. The van der Waals surface area contributed by atoms with Crippen molar-refractivity contribution in [1.82, 2.24) is 5.32 Å². The summed E-state index contributed by atoms with van der Waals surface area (Å²) in [6.07, 6.45) is -0.758. The number of amides is 2. The molecule has 2 atom stereocenters. The van der Waals surface area contributed by atoms with Crippen LogP contribution in [-0.2, 0) is 9.53 Å². The zero-order chi connectivity index (χ0) is 16.0. The van der Waals surface area contributed by atoms with Gasteiger partial charge in [-0.05, 0) is 12.1 Å². The van der Waals surface area contributed by atoms with E-state index in [0.29, 0.717) is 31.1 Å². The monoisotopic (exact) mass is 318 g/mol. The van der Waals surface area contributed by atoms with Crippen LogP contribution in [0.25, 0.3) is 0 Å². The van der Waals surface area contributed by atoms with E-state index in [-0.39, 0.29) is 24.6 Å². The number of anilines is 2. The highest BCUT2D eigenvalue weighted by Crippen LogP contribution is 2.40. The van der Waals surface area contributed by atoms with Crippen molar-refractivity contribution in [2.24, 2.45) is 5.73 Å². The highest BCUT2D eigenvalue weighted by molar-refractivity contribution is 5.97. The number of ether oxygens (including phenoxy) is 2. The number of piperazine rings is 1. The second kappa shape index (κ2) is 5.39. The fourth-order valence-corrected chi connectivity index (χ4v) is 3.27. The molecule has 3 heterocycles. The zero-order valence-corrected chi connectivity index (χ0v) is 12.5. The minimum atomic E-state index is -0.402. The van der Waals surface area contributed by atoms with Crippen LogP contribution in [-0.4, -0.2) is 56.9 Å². The van der Waals surface area contributed by atoms with E-state index in [4.69, 9.17) is 15.2 Å². The number of fused-ring (bicyclic) bond motifs is 3. The van der Waals surface area contributed by atoms with Gasteiger partial charge in [-0.25, -0.2) is 4.79 Å². The summed E-state index contributed by atoms with van der Waals surface area (Å²) in [6.45, 7) is 2.29. The van der Waals surface area contributed by atoms with Gasteiger partial charge in [0.2, 0.25) is 5.91 Å². The Bertz CT molecular complexity index is 665. The first kappa shape index (κ1) is 14.3. The second-order valence-corrected chi connectivity index (χ2v) is 5.78. The summed E-state index contributed by atoms with van der Waals surface area (Å²) >= 11 is 0. The van der Waals surface area contributed by atoms with Crippen molar-refractivity contribution in [1.29, 1.82) is 0 Å². The number of nitrogens with two attached hydrogens (primary N) is 1. The number of carbonyl (C=O) groups is 2. The van der Waals surface area contributed by atoms with Crippen molar-refractivity contribution in [3.05, 3.63) is 18.2 Å². The third-order valence-corrected chi connectivity index (χ3v) is 4.46. The molecular formula is C15H18N4O4. The minimum Gasteiger partial charge on any atom is -0.489 e. The van der Waals surface area contributed by atoms with E-state index in [1.165, 1.54) is 0 Å². The average Bonchev–Trinajstić information content (AvgIpc) is 2.91. The van der Waals surface area contributed by atoms with Crippen molar-refractivity contribution in [2.75, 3.05) is 42.6 Å². The van der Waals surface area contributed by atoms with Gasteiger partial charge in [0.1, 0.15) is 24.5 Å². The van der Waals surface area contributed by atoms with Crippen LogP contribution in [0.3, 0.4) is 0 Å². The molecule has 23 heavy (non-hydrogen) atoms. The number of carbonyl (C=O) groups excluding carboxylic acids is 2. The lowest BCUT2D eigenvalue weighted by Crippen LogP contribution is -2.48. The summed E-state index contributed by atoms with van der Waals surface area (Å²) in [5.74, 6) is 0.605. The standard InChI is InChI=1S/C15H18N4O4/c16-6-13-11-8-22-12-5-9(18-4-3-17-7-14(18)20)1-2-10(12)19(11)15(21)23-13/h1-2,5,11,13,17H,3-4,6-8,16H2/t11-,13-/m0/s1. The van der Waals surface area contributed by atoms with Crippen molar-refractivity contribution in [2.45, 2.75) is 12.1 Å². The molecule has 0 saturated carbocycles. The molecule has 0 spiro atoms. The Morgan fingerprint density at radius 2 is 2.22 bits per heavy atom. The van der Waals surface area contributed by atoms with Crippen molar-refractivity contribution in [3.8, 4) is 5.75 Å². The first-order chi connectivity index (χ1) is 11.2. The van der Waals surface area contributed by atoms with Crippen molar-refractivity contribution >= 4 is 23.4 Å². The molecule has 0 aromatic heterocycles. The Morgan fingerprint density at radius 3 is 3.00 bits per heavy atom. The zero-order valence-electron chi connectivity index (χ0n) is 12.5. The maximum atomic E-state index is 12.1. The lowest BCUT2D eigenvalue weighted by atomic mass is 10.1. The highest BCUT2D eigenvalue weighted by Gasteiger charge is 2.46. The summed E-state index contributed by atoms with van der Waals surface area (Å²) in [4.78, 5) is 27.4. The first-order valence-corrected chi connectivity index (χ1v) is 7.67. The molecule has 2 saturated heterocycles. The third-order valence-electron chi connectivity index (χ3n) is 4.46. The lowest BCUT2D eigenvalue weighted by molar-refractivity contribution is -0.118. The second-order valence-electron chi connectivity index (χ2n) is 5.78. The van der Waals surface area contributed by atoms with Crippen LogP contribution < -0.4 is 25.6 Å². The SMILES string of the molecule is NC[C@@H]1OC(=O)N2c3ccc(N4CCNCC4=O)cc3OC[C@@H]12. The third kappa shape index (κ3) is 2.22. The molecule has 2 amide bonds. The molecule has 4 rings (SSSR count). The summed E-state index contributed by atoms with van der Waals surface area (Å²) in [5, 5.41) is 3.04. The van der Waals surface area contributed by atoms with Crippen LogP contribution in [0.2, 0.25) is 0 Å². The molecule has 3 N–H and O–H groups in total. The van der Waals surface area contributed by atoms with Crippen LogP contribution in [0.15, 0.2) is 18.2 Å². The van der Waals surface area contributed by atoms with E-state index in [9.17, 15) is 9.59 Å². The summed E-state index contributed by atoms with van der Waals surface area (Å²) in [6, 6.07) is 5.23. The predicted octanol–water partition coefficient (Wildman–Crippen LogP) is -0.332. The van der Waals surface area contributed by atoms with Gasteiger partial charge in [0, 0.05) is 31.4 Å². The fraction of sp³-hybridized carbons (Fsp3) is 0.467. The summed E-state index contributed by atoms with van der Waals surface area (Å²) in [5.41, 5.74) is 7.09. The largest absolute Gasteiger partial charge is 0.489 e. The fourth-order valence-electron chi connectivity index (χ4n) is 3.27. The van der Waals surface area contributed by atoms with Crippen molar-refractivity contribution in [3.63, 3.8) is 0 Å². The quantitative estimate of drug-likeness (QED) is 0.775. The molecule has 8 nitrogen and oxygen atoms in total. The van der Waals surface area contributed by atoms with Gasteiger partial charge < -0.3 is 25.4 Å². The van der Waals surface area contributed by atoms with E-state index in [1.807, 2.05) is 6.07 Å². The Balaban J connectivity index is 1.66.